The van der Waals surface area contributed by atoms with Gasteiger partial charge in [0.15, 0.2) is 5.54 Å². The van der Waals surface area contributed by atoms with E-state index in [0.29, 0.717) is 36.3 Å². The van der Waals surface area contributed by atoms with E-state index in [2.05, 4.69) is 0 Å². The third-order valence-electron chi connectivity index (χ3n) is 6.58. The molecule has 2 aliphatic heterocycles. The van der Waals surface area contributed by atoms with Crippen LogP contribution in [0.3, 0.4) is 0 Å². The second kappa shape index (κ2) is 9.43. The summed E-state index contributed by atoms with van der Waals surface area (Å²) in [5, 5.41) is 11.4. The van der Waals surface area contributed by atoms with Gasteiger partial charge >= 0.3 is 0 Å². The second-order valence-corrected chi connectivity index (χ2v) is 9.07. The van der Waals surface area contributed by atoms with Crippen LogP contribution in [-0.2, 0) is 19.9 Å². The fraction of sp³-hybridized carbons (Fsp3) is 0.370. The van der Waals surface area contributed by atoms with E-state index in [-0.39, 0.29) is 23.8 Å². The lowest BCUT2D eigenvalue weighted by Gasteiger charge is -2.34. The molecule has 2 aromatic carbocycles. The number of aliphatic hydroxyl groups is 1. The molecule has 0 aliphatic carbocycles. The van der Waals surface area contributed by atoms with Gasteiger partial charge < -0.3 is 19.8 Å². The monoisotopic (exact) mass is 461 g/mol. The minimum Gasteiger partial charge on any atom is -0.507 e. The quantitative estimate of drug-likeness (QED) is 0.370. The molecule has 0 aromatic heterocycles. The zero-order chi connectivity index (χ0) is 24.5. The van der Waals surface area contributed by atoms with Crippen molar-refractivity contribution in [1.29, 1.82) is 0 Å². The number of benzene rings is 2. The van der Waals surface area contributed by atoms with Crippen molar-refractivity contribution in [3.8, 4) is 0 Å². The van der Waals surface area contributed by atoms with Gasteiger partial charge in [-0.1, -0.05) is 61.9 Å². The Morgan fingerprint density at radius 2 is 1.62 bits per heavy atom. The van der Waals surface area contributed by atoms with Gasteiger partial charge in [0.25, 0.3) is 17.6 Å². The van der Waals surface area contributed by atoms with Crippen LogP contribution < -0.4 is 4.90 Å². The average molecular weight is 462 g/mol. The molecule has 0 radical (unpaired) electrons. The summed E-state index contributed by atoms with van der Waals surface area (Å²) in [6, 6.07) is 15.9. The van der Waals surface area contributed by atoms with Crippen molar-refractivity contribution in [1.82, 2.24) is 9.80 Å². The minimum absolute atomic E-state index is 0.148. The third kappa shape index (κ3) is 3.60. The molecule has 1 spiro atoms. The summed E-state index contributed by atoms with van der Waals surface area (Å²) in [6.07, 6.45) is 2.25. The highest BCUT2D eigenvalue weighted by Gasteiger charge is 2.66. The molecule has 2 aromatic rings. The molecule has 2 heterocycles. The normalized spacial score (nSPS) is 21.2. The number of hydrogen-bond acceptors (Lipinski definition) is 5. The molecule has 2 aliphatic rings. The number of amides is 2. The van der Waals surface area contributed by atoms with Crippen LogP contribution in [0.5, 0.6) is 0 Å². The number of Topliss-reactive ketones (excluding diaryl/α,β-unsaturated/α-hetero) is 1. The van der Waals surface area contributed by atoms with Crippen molar-refractivity contribution in [3.63, 3.8) is 0 Å². The van der Waals surface area contributed by atoms with Crippen LogP contribution in [-0.4, -0.2) is 66.2 Å². The van der Waals surface area contributed by atoms with Crippen LogP contribution in [0.15, 0.2) is 60.2 Å². The molecule has 1 atom stereocenters. The predicted octanol–water partition coefficient (Wildman–Crippen LogP) is 3.36. The Labute approximate surface area is 200 Å². The first kappa shape index (κ1) is 23.7. The molecule has 2 amide bonds. The van der Waals surface area contributed by atoms with Crippen LogP contribution in [0.25, 0.3) is 5.76 Å². The number of para-hydroxylation sites is 1. The number of aliphatic hydroxyl groups excluding tert-OH is 1. The predicted molar refractivity (Wildman–Crippen MR) is 131 cm³/mol. The lowest BCUT2D eigenvalue weighted by molar-refractivity contribution is -0.143. The van der Waals surface area contributed by atoms with Gasteiger partial charge in [-0.25, -0.2) is 0 Å². The number of nitrogens with zero attached hydrogens (tertiary/aromatic N) is 3. The molecule has 4 rings (SSSR count). The Hall–Kier alpha value is -3.45. The summed E-state index contributed by atoms with van der Waals surface area (Å²) in [7, 11) is 3.86. The Bertz CT molecular complexity index is 1140. The molecule has 7 nitrogen and oxygen atoms in total. The molecule has 0 saturated carbocycles. The topological polar surface area (TPSA) is 81.2 Å². The second-order valence-electron chi connectivity index (χ2n) is 9.07. The molecule has 7 heteroatoms. The van der Waals surface area contributed by atoms with Crippen molar-refractivity contribution in [2.24, 2.45) is 0 Å². The van der Waals surface area contributed by atoms with Crippen LogP contribution in [0.1, 0.15) is 37.3 Å². The van der Waals surface area contributed by atoms with Gasteiger partial charge in [0.05, 0.1) is 11.3 Å². The fourth-order valence-corrected chi connectivity index (χ4v) is 4.99. The van der Waals surface area contributed by atoms with E-state index in [4.69, 9.17) is 0 Å². The highest BCUT2D eigenvalue weighted by molar-refractivity contribution is 6.50. The standard InChI is InChI=1S/C27H31N3O4/c1-4-5-17-29-21-15-10-9-14-20(21)27(26(29)34)22(23(31)19-12-7-6-8-13-19)24(32)25(33)30(27)18-11-16-28(2)3/h6-10,12-15,31H,4-5,11,16-18H2,1-3H3. The SMILES string of the molecule is CCCCN1C(=O)C2(C(=C(O)c3ccccc3)C(=O)C(=O)N2CCCN(C)C)c2ccccc21. The summed E-state index contributed by atoms with van der Waals surface area (Å²) >= 11 is 0. The van der Waals surface area contributed by atoms with Crippen molar-refractivity contribution in [3.05, 3.63) is 71.3 Å². The van der Waals surface area contributed by atoms with E-state index in [1.807, 2.05) is 38.1 Å². The zero-order valence-electron chi connectivity index (χ0n) is 20.0. The lowest BCUT2D eigenvalue weighted by atomic mass is 9.82. The summed E-state index contributed by atoms with van der Waals surface area (Å²) in [6.45, 7) is 3.43. The summed E-state index contributed by atoms with van der Waals surface area (Å²) in [4.78, 5) is 46.2. The maximum Gasteiger partial charge on any atom is 0.296 e. The van der Waals surface area contributed by atoms with Crippen LogP contribution in [0.2, 0.25) is 0 Å². The number of rotatable bonds is 8. The molecular weight excluding hydrogens is 430 g/mol. The van der Waals surface area contributed by atoms with Gasteiger partial charge in [-0.2, -0.15) is 0 Å². The van der Waals surface area contributed by atoms with Crippen LogP contribution >= 0.6 is 0 Å². The van der Waals surface area contributed by atoms with Gasteiger partial charge in [0.1, 0.15) is 5.76 Å². The number of ketones is 1. The highest BCUT2D eigenvalue weighted by Crippen LogP contribution is 2.53. The fourth-order valence-electron chi connectivity index (χ4n) is 4.99. The largest absolute Gasteiger partial charge is 0.507 e. The van der Waals surface area contributed by atoms with E-state index in [9.17, 15) is 19.5 Å². The number of carbonyl (C=O) groups is 3. The van der Waals surface area contributed by atoms with E-state index < -0.39 is 17.2 Å². The molecule has 1 fully saturated rings. The average Bonchev–Trinajstić information content (AvgIpc) is 3.21. The molecular formula is C27H31N3O4. The molecule has 1 unspecified atom stereocenters. The maximum atomic E-state index is 14.3. The van der Waals surface area contributed by atoms with Gasteiger partial charge in [-0.15, -0.1) is 0 Å². The molecule has 1 saturated heterocycles. The number of anilines is 1. The first-order valence-electron chi connectivity index (χ1n) is 11.8. The van der Waals surface area contributed by atoms with Gasteiger partial charge in [0, 0.05) is 24.2 Å². The number of likely N-dealkylation sites (tertiary alicyclic amines) is 1. The maximum absolute atomic E-state index is 14.3. The Morgan fingerprint density at radius 3 is 2.29 bits per heavy atom. The molecule has 0 bridgehead atoms. The van der Waals surface area contributed by atoms with Crippen molar-refractivity contribution in [2.45, 2.75) is 31.7 Å². The van der Waals surface area contributed by atoms with Gasteiger partial charge in [0.2, 0.25) is 0 Å². The van der Waals surface area contributed by atoms with Crippen LogP contribution in [0, 0.1) is 0 Å². The van der Waals surface area contributed by atoms with Crippen molar-refractivity contribution < 1.29 is 19.5 Å². The molecule has 1 N–H and O–H groups in total. The molecule has 178 valence electrons. The zero-order valence-corrected chi connectivity index (χ0v) is 20.0. The third-order valence-corrected chi connectivity index (χ3v) is 6.58. The van der Waals surface area contributed by atoms with Crippen LogP contribution in [0.4, 0.5) is 5.69 Å². The first-order chi connectivity index (χ1) is 16.4. The Kier molecular flexibility index (Phi) is 6.57. The Morgan fingerprint density at radius 1 is 0.941 bits per heavy atom. The molecule has 34 heavy (non-hydrogen) atoms. The van der Waals surface area contributed by atoms with E-state index in [0.717, 1.165) is 12.8 Å². The lowest BCUT2D eigenvalue weighted by Crippen LogP contribution is -2.52. The summed E-state index contributed by atoms with van der Waals surface area (Å²) < 4.78 is 0. The smallest absolute Gasteiger partial charge is 0.296 e. The van der Waals surface area contributed by atoms with E-state index in [1.54, 1.807) is 47.4 Å². The van der Waals surface area contributed by atoms with E-state index >= 15 is 0 Å². The highest BCUT2D eigenvalue weighted by atomic mass is 16.3. The number of carbonyl (C=O) groups excluding carboxylic acids is 3. The number of fused-ring (bicyclic) bond motifs is 2. The van der Waals surface area contributed by atoms with Crippen molar-refractivity contribution >= 4 is 29.0 Å². The summed E-state index contributed by atoms with van der Waals surface area (Å²) in [5.74, 6) is -2.26. The summed E-state index contributed by atoms with van der Waals surface area (Å²) in [5.41, 5.74) is -0.183. The Balaban J connectivity index is 1.97. The van der Waals surface area contributed by atoms with E-state index in [1.165, 1.54) is 4.90 Å². The minimum atomic E-state index is -1.68. The number of unbranched alkanes of at least 4 members (excludes halogenated alkanes) is 1. The number of hydrogen-bond donors (Lipinski definition) is 1. The van der Waals surface area contributed by atoms with Gasteiger partial charge in [-0.05, 0) is 39.5 Å². The van der Waals surface area contributed by atoms with Crippen molar-refractivity contribution in [2.75, 3.05) is 38.6 Å². The van der Waals surface area contributed by atoms with Gasteiger partial charge in [-0.3, -0.25) is 14.4 Å². The first-order valence-corrected chi connectivity index (χ1v) is 11.8.